The molecule has 0 saturated heterocycles. The SMILES string of the molecule is COCCN(CCOC)c1ncnc2c1nnn2-c1ccc(C(C)C)cc1Br. The monoisotopic (exact) mass is 448 g/mol. The molecule has 2 aromatic heterocycles. The van der Waals surface area contributed by atoms with Gasteiger partial charge in [0.05, 0.1) is 18.9 Å². The Morgan fingerprint density at radius 2 is 1.82 bits per heavy atom. The Labute approximate surface area is 173 Å². The number of nitrogens with zero attached hydrogens (tertiary/aromatic N) is 6. The smallest absolute Gasteiger partial charge is 0.189 e. The number of aromatic nitrogens is 5. The van der Waals surface area contributed by atoms with Crippen LogP contribution in [0.5, 0.6) is 0 Å². The summed E-state index contributed by atoms with van der Waals surface area (Å²) in [4.78, 5) is 11.0. The summed E-state index contributed by atoms with van der Waals surface area (Å²) in [6, 6.07) is 6.24. The first-order valence-corrected chi connectivity index (χ1v) is 9.95. The highest BCUT2D eigenvalue weighted by molar-refractivity contribution is 9.10. The van der Waals surface area contributed by atoms with E-state index in [1.807, 2.05) is 6.07 Å². The third-order valence-corrected chi connectivity index (χ3v) is 5.15. The second-order valence-corrected chi connectivity index (χ2v) is 7.56. The zero-order valence-corrected chi connectivity index (χ0v) is 18.2. The van der Waals surface area contributed by atoms with Crippen molar-refractivity contribution >= 4 is 32.9 Å². The summed E-state index contributed by atoms with van der Waals surface area (Å²) in [6.07, 6.45) is 1.54. The van der Waals surface area contributed by atoms with Gasteiger partial charge in [0, 0.05) is 31.8 Å². The van der Waals surface area contributed by atoms with Gasteiger partial charge in [-0.25, -0.2) is 9.97 Å². The topological polar surface area (TPSA) is 78.2 Å². The van der Waals surface area contributed by atoms with Crippen molar-refractivity contribution in [2.24, 2.45) is 0 Å². The third-order valence-electron chi connectivity index (χ3n) is 4.52. The van der Waals surface area contributed by atoms with E-state index in [9.17, 15) is 0 Å². The highest BCUT2D eigenvalue weighted by atomic mass is 79.9. The molecule has 0 aliphatic heterocycles. The average molecular weight is 449 g/mol. The molecular formula is C19H25BrN6O2. The van der Waals surface area contributed by atoms with Gasteiger partial charge in [0.15, 0.2) is 17.0 Å². The van der Waals surface area contributed by atoms with E-state index in [0.717, 1.165) is 16.0 Å². The van der Waals surface area contributed by atoms with Crippen LogP contribution in [0.15, 0.2) is 29.0 Å². The first kappa shape index (κ1) is 20.6. The lowest BCUT2D eigenvalue weighted by atomic mass is 10.0. The number of anilines is 1. The predicted molar refractivity (Wildman–Crippen MR) is 112 cm³/mol. The van der Waals surface area contributed by atoms with Crippen LogP contribution in [0.2, 0.25) is 0 Å². The average Bonchev–Trinajstić information content (AvgIpc) is 3.12. The zero-order valence-electron chi connectivity index (χ0n) is 16.6. The van der Waals surface area contributed by atoms with Gasteiger partial charge in [0.25, 0.3) is 0 Å². The summed E-state index contributed by atoms with van der Waals surface area (Å²) in [5.41, 5.74) is 3.44. The number of hydrogen-bond acceptors (Lipinski definition) is 7. The van der Waals surface area contributed by atoms with E-state index >= 15 is 0 Å². The van der Waals surface area contributed by atoms with Crippen LogP contribution in [0.3, 0.4) is 0 Å². The van der Waals surface area contributed by atoms with Gasteiger partial charge < -0.3 is 14.4 Å². The number of halogens is 1. The highest BCUT2D eigenvalue weighted by Crippen LogP contribution is 2.28. The summed E-state index contributed by atoms with van der Waals surface area (Å²) >= 11 is 3.66. The fourth-order valence-corrected chi connectivity index (χ4v) is 3.48. The molecule has 9 heteroatoms. The Morgan fingerprint density at radius 3 is 2.43 bits per heavy atom. The molecule has 0 radical (unpaired) electrons. The molecular weight excluding hydrogens is 424 g/mol. The quantitative estimate of drug-likeness (QED) is 0.497. The number of fused-ring (bicyclic) bond motifs is 1. The minimum atomic E-state index is 0.446. The maximum absolute atomic E-state index is 5.23. The van der Waals surface area contributed by atoms with Gasteiger partial charge in [-0.3, -0.25) is 0 Å². The van der Waals surface area contributed by atoms with E-state index in [0.29, 0.717) is 43.4 Å². The Morgan fingerprint density at radius 1 is 1.11 bits per heavy atom. The van der Waals surface area contributed by atoms with Crippen molar-refractivity contribution in [3.63, 3.8) is 0 Å². The van der Waals surface area contributed by atoms with Crippen molar-refractivity contribution < 1.29 is 9.47 Å². The Bertz CT molecular complexity index is 922. The fraction of sp³-hybridized carbons (Fsp3) is 0.474. The standard InChI is InChI=1S/C19H25BrN6O2/c1-13(2)14-5-6-16(15(20)11-14)26-19-17(23-24-26)18(21-12-22-19)25(7-9-27-3)8-10-28-4/h5-6,11-13H,7-10H2,1-4H3. The summed E-state index contributed by atoms with van der Waals surface area (Å²) in [5.74, 6) is 1.17. The Hall–Kier alpha value is -2.10. The minimum Gasteiger partial charge on any atom is -0.383 e. The van der Waals surface area contributed by atoms with Gasteiger partial charge in [-0.05, 0) is 39.5 Å². The van der Waals surface area contributed by atoms with Crippen LogP contribution in [0.25, 0.3) is 16.9 Å². The molecule has 0 fully saturated rings. The maximum Gasteiger partial charge on any atom is 0.189 e. The Balaban J connectivity index is 2.03. The normalized spacial score (nSPS) is 11.5. The molecule has 0 aliphatic carbocycles. The van der Waals surface area contributed by atoms with E-state index in [-0.39, 0.29) is 0 Å². The van der Waals surface area contributed by atoms with E-state index < -0.39 is 0 Å². The molecule has 2 heterocycles. The largest absolute Gasteiger partial charge is 0.383 e. The van der Waals surface area contributed by atoms with E-state index in [1.165, 1.54) is 5.56 Å². The molecule has 1 aromatic carbocycles. The lowest BCUT2D eigenvalue weighted by molar-refractivity contribution is 0.190. The van der Waals surface area contributed by atoms with Crippen LogP contribution in [-0.2, 0) is 9.47 Å². The van der Waals surface area contributed by atoms with Gasteiger partial charge in [0.1, 0.15) is 6.33 Å². The molecule has 3 rings (SSSR count). The van der Waals surface area contributed by atoms with Gasteiger partial charge in [0.2, 0.25) is 0 Å². The summed E-state index contributed by atoms with van der Waals surface area (Å²) in [6.45, 7) is 6.83. The molecule has 28 heavy (non-hydrogen) atoms. The van der Waals surface area contributed by atoms with Crippen molar-refractivity contribution in [3.8, 4) is 5.69 Å². The summed E-state index contributed by atoms with van der Waals surface area (Å²) in [7, 11) is 3.36. The van der Waals surface area contributed by atoms with E-state index in [4.69, 9.17) is 9.47 Å². The fourth-order valence-electron chi connectivity index (χ4n) is 2.91. The molecule has 0 saturated carbocycles. The van der Waals surface area contributed by atoms with Crippen LogP contribution in [0, 0.1) is 0 Å². The van der Waals surface area contributed by atoms with Crippen LogP contribution in [0.4, 0.5) is 5.82 Å². The van der Waals surface area contributed by atoms with Crippen molar-refractivity contribution in [2.75, 3.05) is 45.4 Å². The highest BCUT2D eigenvalue weighted by Gasteiger charge is 2.19. The van der Waals surface area contributed by atoms with Crippen molar-refractivity contribution in [1.29, 1.82) is 0 Å². The molecule has 0 amide bonds. The number of hydrogen-bond donors (Lipinski definition) is 0. The van der Waals surface area contributed by atoms with Gasteiger partial charge in [-0.2, -0.15) is 4.68 Å². The third kappa shape index (κ3) is 4.31. The molecule has 0 N–H and O–H groups in total. The summed E-state index contributed by atoms with van der Waals surface area (Å²) < 4.78 is 13.1. The second-order valence-electron chi connectivity index (χ2n) is 6.71. The number of benzene rings is 1. The van der Waals surface area contributed by atoms with Gasteiger partial charge >= 0.3 is 0 Å². The zero-order chi connectivity index (χ0) is 20.1. The number of methoxy groups -OCH3 is 2. The minimum absolute atomic E-state index is 0.446. The lowest BCUT2D eigenvalue weighted by Crippen LogP contribution is -2.31. The first-order valence-electron chi connectivity index (χ1n) is 9.15. The number of ether oxygens (including phenoxy) is 2. The van der Waals surface area contributed by atoms with Gasteiger partial charge in [-0.1, -0.05) is 25.1 Å². The first-order chi connectivity index (χ1) is 13.6. The number of rotatable bonds is 9. The van der Waals surface area contributed by atoms with Crippen LogP contribution in [0.1, 0.15) is 25.3 Å². The van der Waals surface area contributed by atoms with Crippen LogP contribution in [-0.4, -0.2) is 65.5 Å². The summed E-state index contributed by atoms with van der Waals surface area (Å²) in [5, 5.41) is 8.72. The molecule has 0 unspecified atom stereocenters. The van der Waals surface area contributed by atoms with Crippen molar-refractivity contribution in [1.82, 2.24) is 25.0 Å². The molecule has 8 nitrogen and oxygen atoms in total. The van der Waals surface area contributed by atoms with Crippen LogP contribution < -0.4 is 4.90 Å². The second kappa shape index (κ2) is 9.40. The molecule has 3 aromatic rings. The molecule has 0 spiro atoms. The molecule has 0 bridgehead atoms. The predicted octanol–water partition coefficient (Wildman–Crippen LogP) is 3.20. The van der Waals surface area contributed by atoms with Crippen molar-refractivity contribution in [2.45, 2.75) is 19.8 Å². The van der Waals surface area contributed by atoms with E-state index in [2.05, 4.69) is 67.1 Å². The van der Waals surface area contributed by atoms with Crippen molar-refractivity contribution in [3.05, 3.63) is 34.6 Å². The van der Waals surface area contributed by atoms with Gasteiger partial charge in [-0.15, -0.1) is 5.10 Å². The maximum atomic E-state index is 5.23. The molecule has 0 atom stereocenters. The molecule has 0 aliphatic rings. The van der Waals surface area contributed by atoms with Crippen LogP contribution >= 0.6 is 15.9 Å². The Kier molecular flexibility index (Phi) is 6.93. The lowest BCUT2D eigenvalue weighted by Gasteiger charge is -2.22. The molecule has 150 valence electrons. The van der Waals surface area contributed by atoms with E-state index in [1.54, 1.807) is 25.2 Å².